The Bertz CT molecular complexity index is 907. The molecule has 0 aromatic heterocycles. The Balaban J connectivity index is 2.28. The van der Waals surface area contributed by atoms with Crippen molar-refractivity contribution in [3.05, 3.63) is 106 Å². The maximum Gasteiger partial charge on any atom is 0.194 e. The lowest BCUT2D eigenvalue weighted by Gasteiger charge is -2.13. The Kier molecular flexibility index (Phi) is 4.94. The fourth-order valence-electron chi connectivity index (χ4n) is 2.79. The van der Waals surface area contributed by atoms with E-state index in [2.05, 4.69) is 0 Å². The predicted octanol–water partition coefficient (Wildman–Crippen LogP) is 3.77. The first-order chi connectivity index (χ1) is 12.7. The lowest BCUT2D eigenvalue weighted by Crippen LogP contribution is -2.16. The summed E-state index contributed by atoms with van der Waals surface area (Å²) in [4.78, 5) is 49.1. The van der Waals surface area contributed by atoms with Gasteiger partial charge in [0, 0.05) is 33.4 Å². The largest absolute Gasteiger partial charge is 0.298 e. The fraction of sp³-hybridized carbons (Fsp3) is 0. The molecule has 0 saturated carbocycles. The van der Waals surface area contributed by atoms with E-state index < -0.39 is 11.6 Å². The van der Waals surface area contributed by atoms with E-state index in [1.165, 1.54) is 12.1 Å². The van der Waals surface area contributed by atoms with Gasteiger partial charge in [0.2, 0.25) is 0 Å². The summed E-state index contributed by atoms with van der Waals surface area (Å²) < 4.78 is 0. The quantitative estimate of drug-likeness (QED) is 0.505. The third-order valence-electron chi connectivity index (χ3n) is 4.05. The molecule has 3 aromatic rings. The number of hydrogen-bond acceptors (Lipinski definition) is 4. The first-order valence-electron chi connectivity index (χ1n) is 7.94. The van der Waals surface area contributed by atoms with Crippen LogP contribution >= 0.6 is 0 Å². The smallest absolute Gasteiger partial charge is 0.194 e. The molecule has 0 heterocycles. The molecular weight excluding hydrogens is 328 g/mol. The van der Waals surface area contributed by atoms with E-state index in [-0.39, 0.29) is 22.3 Å². The molecule has 0 unspecified atom stereocenters. The molecule has 0 amide bonds. The molecule has 0 bridgehead atoms. The topological polar surface area (TPSA) is 68.3 Å². The second-order valence-electron chi connectivity index (χ2n) is 5.62. The minimum Gasteiger partial charge on any atom is -0.298 e. The molecule has 0 radical (unpaired) electrons. The van der Waals surface area contributed by atoms with Crippen LogP contribution in [0.3, 0.4) is 0 Å². The standard InChI is InChI=1S/C22H14O4/c23-13-17-11-12-18(14-24)20(22(26)16-9-5-2-6-10-16)19(17)21(25)15-7-3-1-4-8-15/h1-14H. The zero-order valence-corrected chi connectivity index (χ0v) is 13.7. The molecule has 4 nitrogen and oxygen atoms in total. The van der Waals surface area contributed by atoms with E-state index in [0.717, 1.165) is 0 Å². The predicted molar refractivity (Wildman–Crippen MR) is 97.0 cm³/mol. The van der Waals surface area contributed by atoms with Gasteiger partial charge in [-0.2, -0.15) is 0 Å². The summed E-state index contributed by atoms with van der Waals surface area (Å²) in [6.07, 6.45) is 1.04. The summed E-state index contributed by atoms with van der Waals surface area (Å²) in [6, 6.07) is 19.4. The third-order valence-corrected chi connectivity index (χ3v) is 4.05. The first kappa shape index (κ1) is 17.2. The maximum absolute atomic E-state index is 13.0. The summed E-state index contributed by atoms with van der Waals surface area (Å²) in [7, 11) is 0. The molecule has 0 aliphatic rings. The zero-order valence-electron chi connectivity index (χ0n) is 13.7. The van der Waals surface area contributed by atoms with Crippen LogP contribution in [-0.4, -0.2) is 24.1 Å². The van der Waals surface area contributed by atoms with Crippen LogP contribution in [0.2, 0.25) is 0 Å². The highest BCUT2D eigenvalue weighted by Gasteiger charge is 2.25. The summed E-state index contributed by atoms with van der Waals surface area (Å²) in [5.41, 5.74) is 0.711. The van der Waals surface area contributed by atoms with E-state index >= 15 is 0 Å². The van der Waals surface area contributed by atoms with Crippen molar-refractivity contribution >= 4 is 24.1 Å². The fourth-order valence-corrected chi connectivity index (χ4v) is 2.79. The summed E-state index contributed by atoms with van der Waals surface area (Å²) in [5, 5.41) is 0. The van der Waals surface area contributed by atoms with Gasteiger partial charge in [-0.3, -0.25) is 19.2 Å². The number of aldehydes is 2. The average Bonchev–Trinajstić information content (AvgIpc) is 2.72. The van der Waals surface area contributed by atoms with E-state index in [1.54, 1.807) is 60.7 Å². The van der Waals surface area contributed by atoms with Gasteiger partial charge < -0.3 is 0 Å². The van der Waals surface area contributed by atoms with Crippen molar-refractivity contribution in [1.29, 1.82) is 0 Å². The van der Waals surface area contributed by atoms with Gasteiger partial charge in [-0.25, -0.2) is 0 Å². The van der Waals surface area contributed by atoms with Crippen molar-refractivity contribution < 1.29 is 19.2 Å². The van der Waals surface area contributed by atoms with E-state index in [9.17, 15) is 19.2 Å². The lowest BCUT2D eigenvalue weighted by atomic mass is 9.87. The Hall–Kier alpha value is -3.66. The van der Waals surface area contributed by atoms with Crippen molar-refractivity contribution in [2.45, 2.75) is 0 Å². The van der Waals surface area contributed by atoms with E-state index in [0.29, 0.717) is 23.7 Å². The van der Waals surface area contributed by atoms with Gasteiger partial charge in [0.05, 0.1) is 0 Å². The lowest BCUT2D eigenvalue weighted by molar-refractivity contribution is 0.0996. The second-order valence-corrected chi connectivity index (χ2v) is 5.62. The van der Waals surface area contributed by atoms with Crippen molar-refractivity contribution in [2.75, 3.05) is 0 Å². The normalized spacial score (nSPS) is 10.2. The van der Waals surface area contributed by atoms with Crippen LogP contribution in [0.5, 0.6) is 0 Å². The molecule has 0 fully saturated rings. The van der Waals surface area contributed by atoms with Crippen LogP contribution in [0.15, 0.2) is 72.8 Å². The molecule has 0 spiro atoms. The molecule has 0 atom stereocenters. The summed E-state index contributed by atoms with van der Waals surface area (Å²) >= 11 is 0. The Morgan fingerprint density at radius 1 is 0.538 bits per heavy atom. The van der Waals surface area contributed by atoms with Crippen LogP contribution in [0, 0.1) is 0 Å². The Labute approximate surface area is 150 Å². The molecule has 3 rings (SSSR count). The number of carbonyl (C=O) groups is 4. The van der Waals surface area contributed by atoms with Crippen LogP contribution in [-0.2, 0) is 0 Å². The van der Waals surface area contributed by atoms with Crippen LogP contribution in [0.25, 0.3) is 0 Å². The molecule has 0 aliphatic heterocycles. The van der Waals surface area contributed by atoms with Gasteiger partial charge in [0.15, 0.2) is 24.1 Å². The molecular formula is C22H14O4. The highest BCUT2D eigenvalue weighted by Crippen LogP contribution is 2.24. The zero-order chi connectivity index (χ0) is 18.5. The number of carbonyl (C=O) groups excluding carboxylic acids is 4. The summed E-state index contributed by atoms with van der Waals surface area (Å²) in [5.74, 6) is -0.952. The van der Waals surface area contributed by atoms with Crippen molar-refractivity contribution in [2.24, 2.45) is 0 Å². The summed E-state index contributed by atoms with van der Waals surface area (Å²) in [6.45, 7) is 0. The number of ketones is 2. The van der Waals surface area contributed by atoms with Gasteiger partial charge >= 0.3 is 0 Å². The van der Waals surface area contributed by atoms with Crippen molar-refractivity contribution in [3.63, 3.8) is 0 Å². The van der Waals surface area contributed by atoms with Crippen LogP contribution in [0.4, 0.5) is 0 Å². The minimum atomic E-state index is -0.476. The number of rotatable bonds is 6. The molecule has 126 valence electrons. The molecule has 0 aliphatic carbocycles. The molecule has 0 saturated heterocycles. The number of hydrogen-bond donors (Lipinski definition) is 0. The second kappa shape index (κ2) is 7.49. The van der Waals surface area contributed by atoms with Gasteiger partial charge in [0.25, 0.3) is 0 Å². The van der Waals surface area contributed by atoms with Crippen molar-refractivity contribution in [3.8, 4) is 0 Å². The highest BCUT2D eigenvalue weighted by atomic mass is 16.1. The average molecular weight is 342 g/mol. The SMILES string of the molecule is O=Cc1ccc(C=O)c(C(=O)c2ccccc2)c1C(=O)c1ccccc1. The molecule has 3 aromatic carbocycles. The van der Waals surface area contributed by atoms with Gasteiger partial charge in [0.1, 0.15) is 0 Å². The number of benzene rings is 3. The van der Waals surface area contributed by atoms with E-state index in [4.69, 9.17) is 0 Å². The minimum absolute atomic E-state index is 0.0512. The first-order valence-corrected chi connectivity index (χ1v) is 7.94. The molecule has 26 heavy (non-hydrogen) atoms. The van der Waals surface area contributed by atoms with Crippen LogP contribution in [0.1, 0.15) is 52.6 Å². The van der Waals surface area contributed by atoms with Crippen molar-refractivity contribution in [1.82, 2.24) is 0 Å². The van der Waals surface area contributed by atoms with Crippen LogP contribution < -0.4 is 0 Å². The van der Waals surface area contributed by atoms with E-state index in [1.807, 2.05) is 0 Å². The maximum atomic E-state index is 13.0. The Morgan fingerprint density at radius 2 is 0.885 bits per heavy atom. The molecule has 0 N–H and O–H groups in total. The van der Waals surface area contributed by atoms with Gasteiger partial charge in [-0.1, -0.05) is 72.8 Å². The highest BCUT2D eigenvalue weighted by molar-refractivity contribution is 6.24. The van der Waals surface area contributed by atoms with Gasteiger partial charge in [-0.05, 0) is 0 Å². The Morgan fingerprint density at radius 3 is 1.19 bits per heavy atom. The monoisotopic (exact) mass is 342 g/mol. The third kappa shape index (κ3) is 3.13. The van der Waals surface area contributed by atoms with Gasteiger partial charge in [-0.15, -0.1) is 0 Å². The molecule has 4 heteroatoms.